The van der Waals surface area contributed by atoms with Crippen molar-refractivity contribution in [1.82, 2.24) is 10.2 Å². The van der Waals surface area contributed by atoms with Gasteiger partial charge in [0.1, 0.15) is 6.04 Å². The Morgan fingerprint density at radius 1 is 1.36 bits per heavy atom. The van der Waals surface area contributed by atoms with Gasteiger partial charge in [0, 0.05) is 25.7 Å². The van der Waals surface area contributed by atoms with Gasteiger partial charge in [-0.25, -0.2) is 0 Å². The van der Waals surface area contributed by atoms with E-state index in [-0.39, 0.29) is 17.6 Å². The maximum absolute atomic E-state index is 12.8. The highest BCUT2D eigenvalue weighted by Crippen LogP contribution is 2.18. The lowest BCUT2D eigenvalue weighted by Gasteiger charge is -2.30. The van der Waals surface area contributed by atoms with Crippen LogP contribution in [0.4, 0.5) is 0 Å². The van der Waals surface area contributed by atoms with Crippen molar-refractivity contribution < 1.29 is 19.5 Å². The van der Waals surface area contributed by atoms with Crippen LogP contribution in [0, 0.1) is 5.92 Å². The highest BCUT2D eigenvalue weighted by molar-refractivity contribution is 6.30. The Kier molecular flexibility index (Phi) is 7.31. The Hall–Kier alpha value is -2.02. The third kappa shape index (κ3) is 5.22. The molecule has 7 heteroatoms. The van der Waals surface area contributed by atoms with Crippen LogP contribution in [-0.4, -0.2) is 59.1 Å². The summed E-state index contributed by atoms with van der Waals surface area (Å²) in [5.74, 6) is -1.83. The molecule has 0 aromatic rings. The summed E-state index contributed by atoms with van der Waals surface area (Å²) < 4.78 is 0. The minimum atomic E-state index is -1.31. The van der Waals surface area contributed by atoms with Crippen LogP contribution in [0.25, 0.3) is 0 Å². The standard InChI is InChI=1S/C18H27N3O4/c1-2-3-4-7-15(23)20-16(18(25)21-10-5-6-11-21)17(24)13-8-9-19-12-14(13)22/h8-9,12-13,16-17,24H,2-7,10-11H2,1H3,(H,20,23)/t13?,16-,17-/m1/s1. The first-order valence-corrected chi connectivity index (χ1v) is 9.04. The summed E-state index contributed by atoms with van der Waals surface area (Å²) in [7, 11) is 0. The smallest absolute Gasteiger partial charge is 0.247 e. The largest absolute Gasteiger partial charge is 0.389 e. The number of carbonyl (C=O) groups excluding carboxylic acids is 3. The van der Waals surface area contributed by atoms with Gasteiger partial charge in [0.25, 0.3) is 0 Å². The van der Waals surface area contributed by atoms with Crippen LogP contribution in [0.1, 0.15) is 45.4 Å². The molecule has 0 spiro atoms. The van der Waals surface area contributed by atoms with Crippen LogP contribution in [0.5, 0.6) is 0 Å². The molecule has 0 aliphatic carbocycles. The van der Waals surface area contributed by atoms with Crippen LogP contribution in [0.3, 0.4) is 0 Å². The number of aliphatic imine (C=N–C) groups is 1. The molecule has 3 atom stereocenters. The number of hydrogen-bond donors (Lipinski definition) is 2. The highest BCUT2D eigenvalue weighted by Gasteiger charge is 2.39. The van der Waals surface area contributed by atoms with E-state index in [0.29, 0.717) is 19.5 Å². The first-order chi connectivity index (χ1) is 12.0. The maximum atomic E-state index is 12.8. The molecule has 2 N–H and O–H groups in total. The second-order valence-corrected chi connectivity index (χ2v) is 6.57. The van der Waals surface area contributed by atoms with E-state index < -0.39 is 18.1 Å². The lowest BCUT2D eigenvalue weighted by Crippen LogP contribution is -2.56. The zero-order chi connectivity index (χ0) is 18.2. The molecule has 1 saturated heterocycles. The van der Waals surface area contributed by atoms with E-state index in [9.17, 15) is 19.5 Å². The number of aliphatic hydroxyl groups is 1. The molecule has 2 aliphatic rings. The fourth-order valence-electron chi connectivity index (χ4n) is 3.14. The van der Waals surface area contributed by atoms with Gasteiger partial charge in [-0.15, -0.1) is 0 Å². The van der Waals surface area contributed by atoms with Gasteiger partial charge < -0.3 is 15.3 Å². The van der Waals surface area contributed by atoms with Crippen LogP contribution < -0.4 is 5.32 Å². The molecule has 2 amide bonds. The van der Waals surface area contributed by atoms with Gasteiger partial charge in [-0.3, -0.25) is 19.4 Å². The van der Waals surface area contributed by atoms with Gasteiger partial charge >= 0.3 is 0 Å². The van der Waals surface area contributed by atoms with Crippen molar-refractivity contribution in [1.29, 1.82) is 0 Å². The fraction of sp³-hybridized carbons (Fsp3) is 0.667. The van der Waals surface area contributed by atoms with E-state index in [2.05, 4.69) is 10.3 Å². The van der Waals surface area contributed by atoms with Crippen molar-refractivity contribution in [3.63, 3.8) is 0 Å². The second kappa shape index (κ2) is 9.46. The minimum absolute atomic E-state index is 0.272. The molecule has 0 aromatic carbocycles. The van der Waals surface area contributed by atoms with Crippen molar-refractivity contribution in [2.75, 3.05) is 13.1 Å². The van der Waals surface area contributed by atoms with Gasteiger partial charge in [-0.05, 0) is 19.3 Å². The van der Waals surface area contributed by atoms with E-state index in [0.717, 1.165) is 38.3 Å². The minimum Gasteiger partial charge on any atom is -0.389 e. The zero-order valence-electron chi connectivity index (χ0n) is 14.7. The summed E-state index contributed by atoms with van der Waals surface area (Å²) >= 11 is 0. The molecule has 0 radical (unpaired) electrons. The number of hydrogen-bond acceptors (Lipinski definition) is 5. The molecule has 25 heavy (non-hydrogen) atoms. The van der Waals surface area contributed by atoms with Crippen molar-refractivity contribution in [3.8, 4) is 0 Å². The monoisotopic (exact) mass is 349 g/mol. The third-order valence-electron chi connectivity index (χ3n) is 4.63. The summed E-state index contributed by atoms with van der Waals surface area (Å²) in [5.41, 5.74) is 0. The summed E-state index contributed by atoms with van der Waals surface area (Å²) in [6, 6.07) is -1.11. The van der Waals surface area contributed by atoms with Gasteiger partial charge in [-0.1, -0.05) is 25.8 Å². The van der Waals surface area contributed by atoms with Crippen LogP contribution >= 0.6 is 0 Å². The Labute approximate surface area is 148 Å². The Morgan fingerprint density at radius 2 is 2.08 bits per heavy atom. The zero-order valence-corrected chi connectivity index (χ0v) is 14.7. The summed E-state index contributed by atoms with van der Waals surface area (Å²) in [6.07, 6.45) is 7.51. The average molecular weight is 349 g/mol. The lowest BCUT2D eigenvalue weighted by molar-refractivity contribution is -0.140. The molecular weight excluding hydrogens is 322 g/mol. The van der Waals surface area contributed by atoms with Gasteiger partial charge in [-0.2, -0.15) is 0 Å². The normalized spacial score (nSPS) is 22.1. The lowest BCUT2D eigenvalue weighted by atomic mass is 9.90. The van der Waals surface area contributed by atoms with Crippen LogP contribution in [0.15, 0.2) is 17.3 Å². The number of aliphatic hydroxyl groups excluding tert-OH is 1. The van der Waals surface area contributed by atoms with Gasteiger partial charge in [0.15, 0.2) is 5.78 Å². The quantitative estimate of drug-likeness (QED) is 0.634. The number of rotatable bonds is 8. The fourth-order valence-corrected chi connectivity index (χ4v) is 3.14. The van der Waals surface area contributed by atoms with E-state index in [1.165, 1.54) is 12.3 Å². The summed E-state index contributed by atoms with van der Waals surface area (Å²) in [5, 5.41) is 13.3. The molecule has 7 nitrogen and oxygen atoms in total. The van der Waals surface area contributed by atoms with Crippen molar-refractivity contribution in [2.45, 2.75) is 57.6 Å². The second-order valence-electron chi connectivity index (χ2n) is 6.57. The van der Waals surface area contributed by atoms with Crippen LogP contribution in [-0.2, 0) is 14.4 Å². The van der Waals surface area contributed by atoms with Crippen molar-refractivity contribution in [2.24, 2.45) is 10.9 Å². The molecule has 0 saturated carbocycles. The number of carbonyl (C=O) groups is 3. The Balaban J connectivity index is 2.08. The Bertz CT molecular complexity index is 553. The number of nitrogens with zero attached hydrogens (tertiary/aromatic N) is 2. The van der Waals surface area contributed by atoms with Crippen molar-refractivity contribution >= 4 is 23.8 Å². The van der Waals surface area contributed by atoms with Crippen LogP contribution in [0.2, 0.25) is 0 Å². The number of likely N-dealkylation sites (tertiary alicyclic amines) is 1. The number of unbranched alkanes of at least 4 members (excludes halogenated alkanes) is 2. The molecule has 0 aromatic heterocycles. The molecule has 0 bridgehead atoms. The summed E-state index contributed by atoms with van der Waals surface area (Å²) in [6.45, 7) is 3.28. The SMILES string of the molecule is CCCCCC(=O)N[C@@H](C(=O)N1CCCC1)[C@H](O)C1C=CN=CC1=O. The van der Waals surface area contributed by atoms with Gasteiger partial charge in [0.05, 0.1) is 18.2 Å². The molecule has 2 heterocycles. The predicted molar refractivity (Wildman–Crippen MR) is 94.0 cm³/mol. The number of Topliss-reactive ketones (excluding diaryl/α,β-unsaturated/α-hetero) is 1. The summed E-state index contributed by atoms with van der Waals surface area (Å²) in [4.78, 5) is 42.3. The van der Waals surface area contributed by atoms with E-state index in [1.54, 1.807) is 4.90 Å². The molecule has 2 rings (SSSR count). The van der Waals surface area contributed by atoms with Crippen molar-refractivity contribution in [3.05, 3.63) is 12.3 Å². The topological polar surface area (TPSA) is 99.1 Å². The van der Waals surface area contributed by atoms with E-state index in [4.69, 9.17) is 0 Å². The average Bonchev–Trinajstić information content (AvgIpc) is 3.14. The van der Waals surface area contributed by atoms with E-state index in [1.807, 2.05) is 6.92 Å². The first kappa shape index (κ1) is 19.3. The molecule has 138 valence electrons. The number of ketones is 1. The first-order valence-electron chi connectivity index (χ1n) is 9.04. The molecular formula is C18H27N3O4. The maximum Gasteiger partial charge on any atom is 0.247 e. The van der Waals surface area contributed by atoms with E-state index >= 15 is 0 Å². The molecule has 2 aliphatic heterocycles. The Morgan fingerprint density at radius 3 is 2.72 bits per heavy atom. The number of nitrogens with one attached hydrogen (secondary N) is 1. The number of amides is 2. The third-order valence-corrected chi connectivity index (χ3v) is 4.63. The van der Waals surface area contributed by atoms with Gasteiger partial charge in [0.2, 0.25) is 11.8 Å². The predicted octanol–water partition coefficient (Wildman–Crippen LogP) is 0.818. The molecule has 1 unspecified atom stereocenters. The highest BCUT2D eigenvalue weighted by atomic mass is 16.3. The molecule has 1 fully saturated rings.